The molecular formula is C25H25ClN2O. The molecule has 5 rings (SSSR count). The van der Waals surface area contributed by atoms with Crippen molar-refractivity contribution in [3.05, 3.63) is 88.9 Å². The van der Waals surface area contributed by atoms with Crippen LogP contribution in [0.15, 0.2) is 72.8 Å². The minimum Gasteiger partial charge on any atom is -0.487 e. The van der Waals surface area contributed by atoms with Crippen molar-refractivity contribution >= 4 is 23.0 Å². The Morgan fingerprint density at radius 2 is 1.66 bits per heavy atom. The normalized spacial score (nSPS) is 18.7. The Bertz CT molecular complexity index is 941. The van der Waals surface area contributed by atoms with Crippen LogP contribution in [0.1, 0.15) is 17.5 Å². The van der Waals surface area contributed by atoms with Crippen LogP contribution in [0.2, 0.25) is 5.02 Å². The Balaban J connectivity index is 1.36. The molecule has 4 heteroatoms. The lowest BCUT2D eigenvalue weighted by molar-refractivity contribution is 0.310. The van der Waals surface area contributed by atoms with Crippen LogP contribution in [0.3, 0.4) is 0 Å². The minimum absolute atomic E-state index is 0.448. The molecule has 1 saturated heterocycles. The molecule has 2 aliphatic rings. The summed E-state index contributed by atoms with van der Waals surface area (Å²) >= 11 is 6.01. The molecule has 1 fully saturated rings. The van der Waals surface area contributed by atoms with Gasteiger partial charge in [0.05, 0.1) is 5.69 Å². The second kappa shape index (κ2) is 8.10. The van der Waals surface area contributed by atoms with Crippen LogP contribution in [0, 0.1) is 0 Å². The molecule has 29 heavy (non-hydrogen) atoms. The third kappa shape index (κ3) is 3.85. The molecule has 3 nitrogen and oxygen atoms in total. The molecular weight excluding hydrogens is 380 g/mol. The lowest BCUT2D eigenvalue weighted by atomic mass is 10.1. The summed E-state index contributed by atoms with van der Waals surface area (Å²) in [6, 6.07) is 25.8. The fourth-order valence-corrected chi connectivity index (χ4v) is 4.62. The second-order valence-electron chi connectivity index (χ2n) is 7.87. The second-order valence-corrected chi connectivity index (χ2v) is 8.31. The van der Waals surface area contributed by atoms with Crippen LogP contribution in [-0.4, -0.2) is 30.6 Å². The van der Waals surface area contributed by atoms with Gasteiger partial charge in [0, 0.05) is 41.9 Å². The van der Waals surface area contributed by atoms with Crippen molar-refractivity contribution in [2.24, 2.45) is 0 Å². The van der Waals surface area contributed by atoms with Gasteiger partial charge in [-0.15, -0.1) is 0 Å². The molecule has 3 aromatic carbocycles. The van der Waals surface area contributed by atoms with Crippen LogP contribution < -0.4 is 9.64 Å². The third-order valence-electron chi connectivity index (χ3n) is 6.00. The largest absolute Gasteiger partial charge is 0.487 e. The van der Waals surface area contributed by atoms with E-state index in [4.69, 9.17) is 16.3 Å². The minimum atomic E-state index is 0.448. The van der Waals surface area contributed by atoms with Gasteiger partial charge in [0.1, 0.15) is 12.4 Å². The number of ether oxygens (including phenoxy) is 1. The number of benzene rings is 3. The Morgan fingerprint density at radius 1 is 0.897 bits per heavy atom. The average molecular weight is 405 g/mol. The molecule has 1 atom stereocenters. The highest BCUT2D eigenvalue weighted by atomic mass is 35.5. The van der Waals surface area contributed by atoms with E-state index < -0.39 is 0 Å². The van der Waals surface area contributed by atoms with E-state index in [1.54, 1.807) is 0 Å². The van der Waals surface area contributed by atoms with E-state index in [2.05, 4.69) is 70.5 Å². The molecule has 0 radical (unpaired) electrons. The Kier molecular flexibility index (Phi) is 5.17. The number of anilines is 2. The van der Waals surface area contributed by atoms with E-state index in [9.17, 15) is 0 Å². The van der Waals surface area contributed by atoms with E-state index in [1.165, 1.54) is 22.5 Å². The number of likely N-dealkylation sites (tertiary alicyclic amines) is 1. The molecule has 0 spiro atoms. The van der Waals surface area contributed by atoms with Crippen molar-refractivity contribution in [2.75, 3.05) is 24.5 Å². The lowest BCUT2D eigenvalue weighted by Gasteiger charge is -2.32. The first-order valence-electron chi connectivity index (χ1n) is 10.3. The number of hydrogen-bond acceptors (Lipinski definition) is 3. The van der Waals surface area contributed by atoms with Gasteiger partial charge in [0.25, 0.3) is 0 Å². The van der Waals surface area contributed by atoms with Crippen molar-refractivity contribution in [3.63, 3.8) is 0 Å². The van der Waals surface area contributed by atoms with Gasteiger partial charge >= 0.3 is 0 Å². The van der Waals surface area contributed by atoms with Crippen LogP contribution in [0.4, 0.5) is 11.4 Å². The maximum atomic E-state index is 6.14. The number of halogens is 1. The molecule has 3 aromatic rings. The molecule has 0 aromatic heterocycles. The zero-order valence-corrected chi connectivity index (χ0v) is 17.2. The first-order chi connectivity index (χ1) is 14.3. The van der Waals surface area contributed by atoms with Crippen molar-refractivity contribution in [2.45, 2.75) is 25.5 Å². The molecule has 0 aliphatic carbocycles. The van der Waals surface area contributed by atoms with Crippen LogP contribution in [0.5, 0.6) is 5.75 Å². The van der Waals surface area contributed by atoms with Crippen LogP contribution >= 0.6 is 11.6 Å². The molecule has 148 valence electrons. The first-order valence-corrected chi connectivity index (χ1v) is 10.7. The van der Waals surface area contributed by atoms with E-state index in [0.29, 0.717) is 12.6 Å². The number of rotatable bonds is 4. The summed E-state index contributed by atoms with van der Waals surface area (Å²) < 4.78 is 6.14. The average Bonchev–Trinajstić information content (AvgIpc) is 3.15. The smallest absolute Gasteiger partial charge is 0.143 e. The van der Waals surface area contributed by atoms with E-state index in [0.717, 1.165) is 43.2 Å². The predicted molar refractivity (Wildman–Crippen MR) is 119 cm³/mol. The number of para-hydroxylation sites is 3. The van der Waals surface area contributed by atoms with E-state index in [1.807, 2.05) is 12.1 Å². The zero-order chi connectivity index (χ0) is 19.6. The van der Waals surface area contributed by atoms with Gasteiger partial charge in [-0.25, -0.2) is 0 Å². The zero-order valence-electron chi connectivity index (χ0n) is 16.4. The number of hydrogen-bond donors (Lipinski definition) is 0. The quantitative estimate of drug-likeness (QED) is 0.555. The summed E-state index contributed by atoms with van der Waals surface area (Å²) in [6.07, 6.45) is 2.21. The van der Waals surface area contributed by atoms with Gasteiger partial charge in [0.2, 0.25) is 0 Å². The highest BCUT2D eigenvalue weighted by Gasteiger charge is 2.32. The maximum Gasteiger partial charge on any atom is 0.143 e. The van der Waals surface area contributed by atoms with Gasteiger partial charge in [-0.05, 0) is 48.7 Å². The van der Waals surface area contributed by atoms with Gasteiger partial charge in [-0.2, -0.15) is 0 Å². The first kappa shape index (κ1) is 18.5. The van der Waals surface area contributed by atoms with Crippen LogP contribution in [-0.2, 0) is 13.0 Å². The molecule has 0 saturated carbocycles. The topological polar surface area (TPSA) is 15.7 Å². The summed E-state index contributed by atoms with van der Waals surface area (Å²) in [7, 11) is 0. The van der Waals surface area contributed by atoms with Gasteiger partial charge in [-0.3, -0.25) is 0 Å². The molecule has 0 bridgehead atoms. The van der Waals surface area contributed by atoms with Gasteiger partial charge in [-0.1, -0.05) is 54.1 Å². The lowest BCUT2D eigenvalue weighted by Crippen LogP contribution is -2.35. The van der Waals surface area contributed by atoms with Crippen molar-refractivity contribution in [1.29, 1.82) is 0 Å². The van der Waals surface area contributed by atoms with Crippen LogP contribution in [0.25, 0.3) is 0 Å². The Labute approximate surface area is 177 Å². The van der Waals surface area contributed by atoms with Crippen molar-refractivity contribution in [1.82, 2.24) is 4.90 Å². The van der Waals surface area contributed by atoms with E-state index >= 15 is 0 Å². The monoisotopic (exact) mass is 404 g/mol. The molecule has 2 heterocycles. The highest BCUT2D eigenvalue weighted by molar-refractivity contribution is 6.30. The summed E-state index contributed by atoms with van der Waals surface area (Å²) in [5, 5.41) is 0.802. The molecule has 0 amide bonds. The van der Waals surface area contributed by atoms with E-state index in [-0.39, 0.29) is 0 Å². The summed E-state index contributed by atoms with van der Waals surface area (Å²) in [6.45, 7) is 3.89. The van der Waals surface area contributed by atoms with Crippen molar-refractivity contribution < 1.29 is 4.74 Å². The highest BCUT2D eigenvalue weighted by Crippen LogP contribution is 2.42. The Morgan fingerprint density at radius 3 is 2.52 bits per heavy atom. The fraction of sp³-hybridized carbons (Fsp3) is 0.280. The summed E-state index contributed by atoms with van der Waals surface area (Å²) in [5.74, 6) is 0.975. The Hall–Kier alpha value is -2.49. The third-order valence-corrected chi connectivity index (χ3v) is 6.25. The summed E-state index contributed by atoms with van der Waals surface area (Å²) in [5.41, 5.74) is 5.06. The molecule has 0 N–H and O–H groups in total. The maximum absolute atomic E-state index is 6.14. The van der Waals surface area contributed by atoms with Crippen molar-refractivity contribution in [3.8, 4) is 5.75 Å². The molecule has 1 unspecified atom stereocenters. The SMILES string of the molecule is Clc1ccc(CCN2CCC(N3c4ccccc4COc4ccccc43)C2)cc1. The molecule has 2 aliphatic heterocycles. The number of fused-ring (bicyclic) bond motifs is 2. The fourth-order valence-electron chi connectivity index (χ4n) is 4.49. The van der Waals surface area contributed by atoms with Gasteiger partial charge in [0.15, 0.2) is 0 Å². The number of nitrogens with zero attached hydrogens (tertiary/aromatic N) is 2. The van der Waals surface area contributed by atoms with Gasteiger partial charge < -0.3 is 14.5 Å². The summed E-state index contributed by atoms with van der Waals surface area (Å²) in [4.78, 5) is 5.09. The standard InChI is InChI=1S/C25H25ClN2O/c26-21-11-9-19(10-12-21)13-15-27-16-14-22(17-27)28-23-6-2-1-5-20(23)18-29-25-8-4-3-7-24(25)28/h1-12,22H,13-18H2. The predicted octanol–water partition coefficient (Wildman–Crippen LogP) is 5.69.